The van der Waals surface area contributed by atoms with Gasteiger partial charge in [0, 0.05) is 5.92 Å². The van der Waals surface area contributed by atoms with Crippen LogP contribution in [-0.2, 0) is 14.3 Å². The number of fused-ring (bicyclic) bond motifs is 1. The van der Waals surface area contributed by atoms with Gasteiger partial charge in [0.2, 0.25) is 0 Å². The number of ether oxygens (including phenoxy) is 2. The molecule has 2 aromatic heterocycles. The zero-order valence-electron chi connectivity index (χ0n) is 17.9. The van der Waals surface area contributed by atoms with Crippen molar-refractivity contribution < 1.29 is 24.5 Å². The monoisotopic (exact) mass is 451 g/mol. The van der Waals surface area contributed by atoms with E-state index in [9.17, 15) is 15.0 Å². The number of nitrogens with zero attached hydrogens (tertiary/aromatic N) is 3. The molecular weight excluding hydrogens is 422 g/mol. The third-order valence-corrected chi connectivity index (χ3v) is 6.22. The van der Waals surface area contributed by atoms with E-state index in [0.29, 0.717) is 11.2 Å². The molecule has 2 fully saturated rings. The second-order valence-electron chi connectivity index (χ2n) is 9.30. The van der Waals surface area contributed by atoms with Crippen molar-refractivity contribution in [2.45, 2.75) is 76.9 Å². The lowest BCUT2D eigenvalue weighted by atomic mass is 9.97. The number of aromatic amines is 1. The SMILES string of the molecule is CC(C)(C)C(=O)OC1C(O)[C@@H](CO)O[C@H]1n1c(C2CCCC2)nc2c(=S)nc(N)[nH]c21. The predicted molar refractivity (Wildman–Crippen MR) is 115 cm³/mol. The summed E-state index contributed by atoms with van der Waals surface area (Å²) in [7, 11) is 0. The molecule has 1 saturated heterocycles. The molecule has 1 aliphatic carbocycles. The van der Waals surface area contributed by atoms with Crippen molar-refractivity contribution in [2.75, 3.05) is 12.3 Å². The summed E-state index contributed by atoms with van der Waals surface area (Å²) in [5, 5.41) is 20.5. The Hall–Kier alpha value is -2.08. The number of rotatable bonds is 4. The quantitative estimate of drug-likeness (QED) is 0.404. The maximum atomic E-state index is 12.7. The van der Waals surface area contributed by atoms with Gasteiger partial charge in [0.1, 0.15) is 29.2 Å². The van der Waals surface area contributed by atoms with Crippen LogP contribution >= 0.6 is 12.2 Å². The summed E-state index contributed by atoms with van der Waals surface area (Å²) in [6, 6.07) is 0. The number of aliphatic hydroxyl groups excluding tert-OH is 2. The Bertz CT molecular complexity index is 1040. The van der Waals surface area contributed by atoms with Gasteiger partial charge in [-0.25, -0.2) is 9.97 Å². The third-order valence-electron chi connectivity index (χ3n) is 5.93. The molecule has 2 aliphatic rings. The standard InChI is InChI=1S/C20H29N5O5S/c1-20(2,3)18(28)30-13-12(27)10(8-26)29-17(13)25-14(9-6-4-5-7-9)22-11-15(25)23-19(21)24-16(11)31/h9-10,12-13,17,26-27H,4-8H2,1-3H3,(H3,21,23,24,31)/t10-,12?,13?,17-/m1/s1. The van der Waals surface area contributed by atoms with Crippen LogP contribution in [0.4, 0.5) is 5.95 Å². The molecule has 0 amide bonds. The number of hydrogen-bond acceptors (Lipinski definition) is 9. The number of aromatic nitrogens is 4. The van der Waals surface area contributed by atoms with Crippen LogP contribution in [0.25, 0.3) is 11.2 Å². The van der Waals surface area contributed by atoms with Gasteiger partial charge < -0.3 is 30.4 Å². The van der Waals surface area contributed by atoms with E-state index < -0.39 is 42.5 Å². The summed E-state index contributed by atoms with van der Waals surface area (Å²) in [5.74, 6) is 0.515. The van der Waals surface area contributed by atoms with Crippen molar-refractivity contribution in [3.63, 3.8) is 0 Å². The molecule has 3 heterocycles. The van der Waals surface area contributed by atoms with E-state index in [4.69, 9.17) is 32.4 Å². The number of carbonyl (C=O) groups excluding carboxylic acids is 1. The number of nitrogens with two attached hydrogens (primary N) is 1. The van der Waals surface area contributed by atoms with Crippen LogP contribution in [0.1, 0.15) is 64.4 Å². The number of aliphatic hydroxyl groups is 2. The van der Waals surface area contributed by atoms with Gasteiger partial charge in [0.25, 0.3) is 0 Å². The summed E-state index contributed by atoms with van der Waals surface area (Å²) in [6.07, 6.45) is -0.0300. The number of anilines is 1. The lowest BCUT2D eigenvalue weighted by Crippen LogP contribution is -2.40. The Balaban J connectivity index is 1.87. The predicted octanol–water partition coefficient (Wildman–Crippen LogP) is 1.94. The van der Waals surface area contributed by atoms with Crippen molar-refractivity contribution in [3.05, 3.63) is 10.5 Å². The van der Waals surface area contributed by atoms with Crippen molar-refractivity contribution in [1.82, 2.24) is 19.5 Å². The van der Waals surface area contributed by atoms with Crippen LogP contribution in [-0.4, -0.2) is 60.6 Å². The third kappa shape index (κ3) is 3.95. The smallest absolute Gasteiger partial charge is 0.311 e. The van der Waals surface area contributed by atoms with Gasteiger partial charge in [0.05, 0.1) is 12.0 Å². The van der Waals surface area contributed by atoms with Gasteiger partial charge in [-0.1, -0.05) is 25.1 Å². The number of nitrogen functional groups attached to an aromatic ring is 1. The molecule has 0 radical (unpaired) electrons. The second kappa shape index (κ2) is 8.12. The van der Waals surface area contributed by atoms with Crippen molar-refractivity contribution in [1.29, 1.82) is 0 Å². The van der Waals surface area contributed by atoms with Crippen LogP contribution < -0.4 is 5.73 Å². The highest BCUT2D eigenvalue weighted by Gasteiger charge is 2.49. The largest absolute Gasteiger partial charge is 0.454 e. The van der Waals surface area contributed by atoms with E-state index in [1.165, 1.54) is 0 Å². The van der Waals surface area contributed by atoms with E-state index >= 15 is 0 Å². The average molecular weight is 452 g/mol. The molecule has 0 aromatic carbocycles. The molecule has 4 atom stereocenters. The molecule has 11 heteroatoms. The first-order valence-corrected chi connectivity index (χ1v) is 11.0. The van der Waals surface area contributed by atoms with Crippen molar-refractivity contribution in [2.24, 2.45) is 5.41 Å². The van der Waals surface area contributed by atoms with E-state index in [2.05, 4.69) is 9.97 Å². The first kappa shape index (κ1) is 22.1. The first-order chi connectivity index (χ1) is 14.6. The van der Waals surface area contributed by atoms with Crippen LogP contribution in [0, 0.1) is 10.1 Å². The maximum absolute atomic E-state index is 12.7. The fourth-order valence-corrected chi connectivity index (χ4v) is 4.50. The van der Waals surface area contributed by atoms with E-state index in [1.54, 1.807) is 25.3 Å². The molecule has 1 aliphatic heterocycles. The summed E-state index contributed by atoms with van der Waals surface area (Å²) in [5.41, 5.74) is 6.10. The Morgan fingerprint density at radius 2 is 2.03 bits per heavy atom. The second-order valence-corrected chi connectivity index (χ2v) is 9.69. The minimum Gasteiger partial charge on any atom is -0.454 e. The van der Waals surface area contributed by atoms with E-state index in [1.807, 2.05) is 0 Å². The van der Waals surface area contributed by atoms with Crippen LogP contribution in [0.15, 0.2) is 0 Å². The summed E-state index contributed by atoms with van der Waals surface area (Å²) >= 11 is 5.38. The van der Waals surface area contributed by atoms with Gasteiger partial charge in [-0.3, -0.25) is 9.36 Å². The van der Waals surface area contributed by atoms with Crippen molar-refractivity contribution in [3.8, 4) is 0 Å². The molecule has 1 saturated carbocycles. The Labute approximate surface area is 184 Å². The summed E-state index contributed by atoms with van der Waals surface area (Å²) in [4.78, 5) is 24.5. The van der Waals surface area contributed by atoms with Crippen LogP contribution in [0.5, 0.6) is 0 Å². The van der Waals surface area contributed by atoms with Gasteiger partial charge in [0.15, 0.2) is 22.9 Å². The average Bonchev–Trinajstić information content (AvgIpc) is 3.39. The Kier molecular flexibility index (Phi) is 5.80. The first-order valence-electron chi connectivity index (χ1n) is 10.5. The molecule has 5 N–H and O–H groups in total. The lowest BCUT2D eigenvalue weighted by Gasteiger charge is -2.27. The van der Waals surface area contributed by atoms with Gasteiger partial charge in [-0.05, 0) is 33.6 Å². The number of carbonyl (C=O) groups is 1. The molecule has 170 valence electrons. The number of imidazole rings is 1. The molecule has 0 bridgehead atoms. The molecular formula is C20H29N5O5S. The molecule has 31 heavy (non-hydrogen) atoms. The highest BCUT2D eigenvalue weighted by atomic mass is 32.1. The van der Waals surface area contributed by atoms with Gasteiger partial charge >= 0.3 is 5.97 Å². The Morgan fingerprint density at radius 1 is 1.35 bits per heavy atom. The molecule has 2 aromatic rings. The minimum absolute atomic E-state index is 0.122. The Morgan fingerprint density at radius 3 is 2.65 bits per heavy atom. The lowest BCUT2D eigenvalue weighted by molar-refractivity contribution is -0.168. The summed E-state index contributed by atoms with van der Waals surface area (Å²) in [6.45, 7) is 4.77. The van der Waals surface area contributed by atoms with Crippen LogP contribution in [0.3, 0.4) is 0 Å². The molecule has 2 unspecified atom stereocenters. The fraction of sp³-hybridized carbons (Fsp3) is 0.700. The zero-order valence-corrected chi connectivity index (χ0v) is 18.7. The fourth-order valence-electron chi connectivity index (χ4n) is 4.26. The molecule has 4 rings (SSSR count). The minimum atomic E-state index is -1.21. The zero-order chi connectivity index (χ0) is 22.5. The highest BCUT2D eigenvalue weighted by Crippen LogP contribution is 2.41. The number of esters is 1. The number of nitrogens with one attached hydrogen (secondary N) is 1. The number of hydrogen-bond donors (Lipinski definition) is 4. The van der Waals surface area contributed by atoms with Crippen molar-refractivity contribution >= 4 is 35.3 Å². The summed E-state index contributed by atoms with van der Waals surface area (Å²) < 4.78 is 13.8. The normalized spacial score (nSPS) is 27.3. The highest BCUT2D eigenvalue weighted by molar-refractivity contribution is 7.71. The van der Waals surface area contributed by atoms with E-state index in [-0.39, 0.29) is 16.5 Å². The van der Waals surface area contributed by atoms with Gasteiger partial charge in [-0.15, -0.1) is 0 Å². The van der Waals surface area contributed by atoms with E-state index in [0.717, 1.165) is 31.5 Å². The van der Waals surface area contributed by atoms with Crippen LogP contribution in [0.2, 0.25) is 0 Å². The topological polar surface area (TPSA) is 149 Å². The molecule has 0 spiro atoms. The maximum Gasteiger partial charge on any atom is 0.311 e. The molecule has 10 nitrogen and oxygen atoms in total. The number of H-pyrrole nitrogens is 1. The van der Waals surface area contributed by atoms with Gasteiger partial charge in [-0.2, -0.15) is 0 Å².